The van der Waals surface area contributed by atoms with Crippen molar-refractivity contribution in [3.63, 3.8) is 0 Å². The molecule has 0 aromatic heterocycles. The second-order valence-corrected chi connectivity index (χ2v) is 7.32. The van der Waals surface area contributed by atoms with Crippen LogP contribution in [0.4, 0.5) is 0 Å². The van der Waals surface area contributed by atoms with Crippen LogP contribution in [0.15, 0.2) is 0 Å². The monoisotopic (exact) mass is 372 g/mol. The molecule has 0 saturated carbocycles. The maximum Gasteiger partial charge on any atom is 0.0701 e. The van der Waals surface area contributed by atoms with Gasteiger partial charge in [0, 0.05) is 13.1 Å². The van der Waals surface area contributed by atoms with Gasteiger partial charge in [-0.1, -0.05) is 53.4 Å². The number of hydrogen-bond acceptors (Lipinski definition) is 4. The molecule has 0 aliphatic rings. The lowest BCUT2D eigenvalue weighted by molar-refractivity contribution is 0.0307. The maximum absolute atomic E-state index is 5.78. The molecule has 4 nitrogen and oxygen atoms in total. The zero-order chi connectivity index (χ0) is 19.3. The summed E-state index contributed by atoms with van der Waals surface area (Å²) in [5, 5.41) is 0. The van der Waals surface area contributed by atoms with E-state index in [-0.39, 0.29) is 0 Å². The van der Waals surface area contributed by atoms with Crippen LogP contribution < -0.4 is 0 Å². The molecule has 0 unspecified atom stereocenters. The first-order valence-electron chi connectivity index (χ1n) is 11.4. The minimum absolute atomic E-state index is 0.722. The van der Waals surface area contributed by atoms with Gasteiger partial charge in [0.1, 0.15) is 0 Å². The highest BCUT2D eigenvalue weighted by Gasteiger charge is 2.05. The Labute approximate surface area is 164 Å². The summed E-state index contributed by atoms with van der Waals surface area (Å²) in [6, 6.07) is 0. The van der Waals surface area contributed by atoms with Gasteiger partial charge in [0.15, 0.2) is 0 Å². The molecule has 0 rings (SSSR count). The van der Waals surface area contributed by atoms with Crippen molar-refractivity contribution in [2.45, 2.75) is 79.1 Å². The van der Waals surface area contributed by atoms with Crippen molar-refractivity contribution in [2.24, 2.45) is 0 Å². The van der Waals surface area contributed by atoms with Crippen LogP contribution >= 0.6 is 0 Å². The fraction of sp³-hybridized carbons (Fsp3) is 1.00. The second-order valence-electron chi connectivity index (χ2n) is 7.32. The van der Waals surface area contributed by atoms with Crippen LogP contribution in [0.2, 0.25) is 0 Å². The predicted octanol–water partition coefficient (Wildman–Crippen LogP) is 4.82. The van der Waals surface area contributed by atoms with E-state index in [1.807, 2.05) is 0 Å². The molecule has 0 spiro atoms. The predicted molar refractivity (Wildman–Crippen MR) is 114 cm³/mol. The van der Waals surface area contributed by atoms with Crippen LogP contribution in [0.1, 0.15) is 79.1 Å². The highest BCUT2D eigenvalue weighted by molar-refractivity contribution is 4.58. The summed E-state index contributed by atoms with van der Waals surface area (Å²) in [5.41, 5.74) is 0. The quantitative estimate of drug-likeness (QED) is 0.270. The molecule has 0 fully saturated rings. The summed E-state index contributed by atoms with van der Waals surface area (Å²) >= 11 is 0. The minimum atomic E-state index is 0.722. The van der Waals surface area contributed by atoms with Crippen molar-refractivity contribution < 1.29 is 9.47 Å². The van der Waals surface area contributed by atoms with Gasteiger partial charge in [-0.05, 0) is 51.9 Å². The van der Waals surface area contributed by atoms with Gasteiger partial charge in [-0.2, -0.15) is 0 Å². The van der Waals surface area contributed by atoms with E-state index in [2.05, 4.69) is 37.5 Å². The van der Waals surface area contributed by atoms with Crippen LogP contribution in [0.3, 0.4) is 0 Å². The van der Waals surface area contributed by atoms with E-state index in [4.69, 9.17) is 9.47 Å². The molecule has 26 heavy (non-hydrogen) atoms. The van der Waals surface area contributed by atoms with Crippen LogP contribution in [-0.2, 0) is 9.47 Å². The third kappa shape index (κ3) is 17.3. The molecule has 4 heteroatoms. The Morgan fingerprint density at radius 1 is 0.423 bits per heavy atom. The number of nitrogens with zero attached hydrogens (tertiary/aromatic N) is 2. The van der Waals surface area contributed by atoms with Gasteiger partial charge in [0.05, 0.1) is 26.4 Å². The zero-order valence-corrected chi connectivity index (χ0v) is 18.4. The Balaban J connectivity index is 3.64. The summed E-state index contributed by atoms with van der Waals surface area (Å²) in [4.78, 5) is 5.10. The van der Waals surface area contributed by atoms with E-state index in [1.54, 1.807) is 0 Å². The molecule has 0 bridgehead atoms. The molecule has 0 radical (unpaired) electrons. The van der Waals surface area contributed by atoms with Crippen molar-refractivity contribution in [1.29, 1.82) is 0 Å². The van der Waals surface area contributed by atoms with Crippen molar-refractivity contribution in [1.82, 2.24) is 9.80 Å². The van der Waals surface area contributed by atoms with Crippen molar-refractivity contribution in [3.8, 4) is 0 Å². The molecule has 0 aliphatic heterocycles. The summed E-state index contributed by atoms with van der Waals surface area (Å²) < 4.78 is 11.6. The molecular formula is C22H48N2O2. The standard InChI is InChI=1S/C22H48N2O2/c1-5-9-13-23(14-10-6-2)17-19-25-21-22-26-20-18-24(15-11-7-3)16-12-8-4/h5-22H2,1-4H3. The minimum Gasteiger partial charge on any atom is -0.378 e. The third-order valence-corrected chi connectivity index (χ3v) is 4.79. The molecule has 0 aromatic rings. The first-order valence-corrected chi connectivity index (χ1v) is 11.4. The number of rotatable bonds is 21. The van der Waals surface area contributed by atoms with Gasteiger partial charge < -0.3 is 19.3 Å². The van der Waals surface area contributed by atoms with E-state index in [9.17, 15) is 0 Å². The zero-order valence-electron chi connectivity index (χ0n) is 18.4. The Bertz CT molecular complexity index is 223. The molecule has 0 saturated heterocycles. The fourth-order valence-electron chi connectivity index (χ4n) is 2.91. The molecular weight excluding hydrogens is 324 g/mol. The average Bonchev–Trinajstić information content (AvgIpc) is 2.66. The van der Waals surface area contributed by atoms with E-state index >= 15 is 0 Å². The second kappa shape index (κ2) is 21.1. The van der Waals surface area contributed by atoms with E-state index < -0.39 is 0 Å². The smallest absolute Gasteiger partial charge is 0.0701 e. The van der Waals surface area contributed by atoms with Crippen LogP contribution in [0, 0.1) is 0 Å². The van der Waals surface area contributed by atoms with Crippen LogP contribution in [-0.4, -0.2) is 75.5 Å². The first-order chi connectivity index (χ1) is 12.8. The van der Waals surface area contributed by atoms with Gasteiger partial charge in [-0.3, -0.25) is 0 Å². The normalized spacial score (nSPS) is 11.8. The summed E-state index contributed by atoms with van der Waals surface area (Å²) in [5.74, 6) is 0. The summed E-state index contributed by atoms with van der Waals surface area (Å²) in [6.07, 6.45) is 10.2. The Morgan fingerprint density at radius 3 is 1.00 bits per heavy atom. The van der Waals surface area contributed by atoms with Gasteiger partial charge in [0.2, 0.25) is 0 Å². The van der Waals surface area contributed by atoms with Gasteiger partial charge >= 0.3 is 0 Å². The molecule has 0 aromatic carbocycles. The third-order valence-electron chi connectivity index (χ3n) is 4.79. The van der Waals surface area contributed by atoms with E-state index in [0.717, 1.165) is 39.5 Å². The lowest BCUT2D eigenvalue weighted by Crippen LogP contribution is -2.31. The Hall–Kier alpha value is -0.160. The fourth-order valence-corrected chi connectivity index (χ4v) is 2.91. The highest BCUT2D eigenvalue weighted by atomic mass is 16.5. The number of hydrogen-bond donors (Lipinski definition) is 0. The average molecular weight is 373 g/mol. The van der Waals surface area contributed by atoms with Gasteiger partial charge in [-0.15, -0.1) is 0 Å². The summed E-state index contributed by atoms with van der Waals surface area (Å²) in [7, 11) is 0. The molecule has 0 aliphatic carbocycles. The van der Waals surface area contributed by atoms with Gasteiger partial charge in [-0.25, -0.2) is 0 Å². The van der Waals surface area contributed by atoms with Crippen molar-refractivity contribution in [2.75, 3.05) is 65.7 Å². The molecule has 0 amide bonds. The van der Waals surface area contributed by atoms with Crippen molar-refractivity contribution in [3.05, 3.63) is 0 Å². The van der Waals surface area contributed by atoms with Crippen LogP contribution in [0.25, 0.3) is 0 Å². The Kier molecular flexibility index (Phi) is 21.0. The largest absolute Gasteiger partial charge is 0.378 e. The van der Waals surface area contributed by atoms with E-state index in [1.165, 1.54) is 77.5 Å². The Morgan fingerprint density at radius 2 is 0.731 bits per heavy atom. The number of unbranched alkanes of at least 4 members (excludes halogenated alkanes) is 4. The van der Waals surface area contributed by atoms with Gasteiger partial charge in [0.25, 0.3) is 0 Å². The number of ether oxygens (including phenoxy) is 2. The molecule has 0 atom stereocenters. The first kappa shape index (κ1) is 25.8. The van der Waals surface area contributed by atoms with Crippen LogP contribution in [0.5, 0.6) is 0 Å². The lowest BCUT2D eigenvalue weighted by atomic mass is 10.2. The highest BCUT2D eigenvalue weighted by Crippen LogP contribution is 2.00. The SMILES string of the molecule is CCCCN(CCCC)CCOCCOCCN(CCCC)CCCC. The lowest BCUT2D eigenvalue weighted by Gasteiger charge is -2.22. The molecule has 0 N–H and O–H groups in total. The maximum atomic E-state index is 5.78. The topological polar surface area (TPSA) is 24.9 Å². The van der Waals surface area contributed by atoms with E-state index in [0.29, 0.717) is 0 Å². The van der Waals surface area contributed by atoms with Crippen molar-refractivity contribution >= 4 is 0 Å². The summed E-state index contributed by atoms with van der Waals surface area (Å²) in [6.45, 7) is 19.1. The molecule has 158 valence electrons. The molecule has 0 heterocycles.